The number of ether oxygens (including phenoxy) is 1. The second kappa shape index (κ2) is 3.91. The van der Waals surface area contributed by atoms with Gasteiger partial charge in [-0.05, 0) is 25.2 Å². The second-order valence-corrected chi connectivity index (χ2v) is 8.18. The molecule has 3 rings (SSSR count). The average molecular weight is 379 g/mol. The summed E-state index contributed by atoms with van der Waals surface area (Å²) in [4.78, 5) is 0. The Hall–Kier alpha value is 0.140. The summed E-state index contributed by atoms with van der Waals surface area (Å²) >= 11 is 3.39. The summed E-state index contributed by atoms with van der Waals surface area (Å²) in [7, 11) is -5.61. The molecule has 1 aliphatic heterocycles. The quantitative estimate of drug-likeness (QED) is 0.327. The van der Waals surface area contributed by atoms with Gasteiger partial charge < -0.3 is 4.74 Å². The van der Waals surface area contributed by atoms with E-state index in [1.807, 2.05) is 6.92 Å². The number of alkyl halides is 4. The molecule has 3 fully saturated rings. The van der Waals surface area contributed by atoms with E-state index in [-0.39, 0.29) is 18.9 Å². The molecule has 0 unspecified atom stereocenters. The van der Waals surface area contributed by atoms with E-state index in [1.54, 1.807) is 0 Å². The second-order valence-electron chi connectivity index (χ2n) is 6.08. The molecule has 2 bridgehead atoms. The van der Waals surface area contributed by atoms with Gasteiger partial charge >= 0.3 is 15.6 Å². The van der Waals surface area contributed by atoms with Crippen LogP contribution in [0.4, 0.5) is 13.2 Å². The third-order valence-corrected chi connectivity index (χ3v) is 7.57. The van der Waals surface area contributed by atoms with Gasteiger partial charge in [0.2, 0.25) is 0 Å². The number of fused-ring (bicyclic) bond motifs is 3. The third kappa shape index (κ3) is 1.58. The Bertz CT molecular complexity index is 544. The number of hydrogen-bond acceptors (Lipinski definition) is 4. The Morgan fingerprint density at radius 2 is 2.05 bits per heavy atom. The normalized spacial score (nSPS) is 47.1. The zero-order valence-electron chi connectivity index (χ0n) is 10.7. The highest BCUT2D eigenvalue weighted by Gasteiger charge is 2.81. The van der Waals surface area contributed by atoms with Gasteiger partial charge in [0, 0.05) is 10.7 Å². The van der Waals surface area contributed by atoms with Crippen LogP contribution in [0.5, 0.6) is 0 Å². The summed E-state index contributed by atoms with van der Waals surface area (Å²) in [5.74, 6) is 0.104. The molecule has 1 spiro atoms. The maximum atomic E-state index is 12.6. The highest BCUT2D eigenvalue weighted by molar-refractivity contribution is 9.09. The first-order chi connectivity index (χ1) is 9.04. The fourth-order valence-corrected chi connectivity index (χ4v) is 5.76. The first-order valence-electron chi connectivity index (χ1n) is 6.25. The minimum absolute atomic E-state index is 0.104. The Morgan fingerprint density at radius 1 is 1.45 bits per heavy atom. The lowest BCUT2D eigenvalue weighted by molar-refractivity contribution is -0.0832. The fraction of sp³-hybridized carbons (Fsp3) is 1.00. The van der Waals surface area contributed by atoms with E-state index in [2.05, 4.69) is 15.9 Å². The zero-order chi connectivity index (χ0) is 15.0. The monoisotopic (exact) mass is 378 g/mol. The maximum Gasteiger partial charge on any atom is 0.523 e. The van der Waals surface area contributed by atoms with E-state index in [0.717, 1.165) is 0 Å². The third-order valence-electron chi connectivity index (χ3n) is 5.30. The molecule has 4 atom stereocenters. The molecule has 0 aromatic heterocycles. The van der Waals surface area contributed by atoms with Crippen LogP contribution in [-0.2, 0) is 19.0 Å². The van der Waals surface area contributed by atoms with Crippen molar-refractivity contribution in [3.05, 3.63) is 0 Å². The van der Waals surface area contributed by atoms with Gasteiger partial charge in [0.1, 0.15) is 11.2 Å². The lowest BCUT2D eigenvalue weighted by Gasteiger charge is -2.42. The van der Waals surface area contributed by atoms with E-state index in [0.29, 0.717) is 18.2 Å². The molecule has 2 aliphatic carbocycles. The van der Waals surface area contributed by atoms with Gasteiger partial charge in [0.25, 0.3) is 0 Å². The molecule has 20 heavy (non-hydrogen) atoms. The molecular weight excluding hydrogens is 365 g/mol. The van der Waals surface area contributed by atoms with Crippen LogP contribution in [0.1, 0.15) is 26.2 Å². The standard InChI is InChI=1S/C11H14BrF3O4S/c1-8(5-12)7-2-3-9(4-7,10(8)6-18-10)19-20(16,17)11(13,14)15/h7H,2-6H2,1H3/t7-,8-,9-,10+/m1/s1. The topological polar surface area (TPSA) is 55.9 Å². The van der Waals surface area contributed by atoms with E-state index in [1.165, 1.54) is 0 Å². The predicted molar refractivity (Wildman–Crippen MR) is 66.7 cm³/mol. The van der Waals surface area contributed by atoms with Crippen molar-refractivity contribution in [3.8, 4) is 0 Å². The predicted octanol–water partition coefficient (Wildman–Crippen LogP) is 2.58. The molecule has 0 aromatic rings. The van der Waals surface area contributed by atoms with Crippen molar-refractivity contribution in [2.75, 3.05) is 11.9 Å². The van der Waals surface area contributed by atoms with Crippen LogP contribution in [0, 0.1) is 11.3 Å². The summed E-state index contributed by atoms with van der Waals surface area (Å²) in [6, 6.07) is 0. The van der Waals surface area contributed by atoms with Crippen LogP contribution in [0.2, 0.25) is 0 Å². The number of epoxide rings is 1. The Kier molecular flexibility index (Phi) is 2.94. The van der Waals surface area contributed by atoms with Gasteiger partial charge in [-0.25, -0.2) is 0 Å². The summed E-state index contributed by atoms with van der Waals surface area (Å²) in [5, 5.41) is 0.543. The largest absolute Gasteiger partial charge is 0.523 e. The molecule has 1 heterocycles. The van der Waals surface area contributed by atoms with Crippen LogP contribution in [0.15, 0.2) is 0 Å². The van der Waals surface area contributed by atoms with Gasteiger partial charge in [0.05, 0.1) is 6.61 Å². The average Bonchev–Trinajstić information content (AvgIpc) is 2.99. The molecule has 0 N–H and O–H groups in total. The summed E-state index contributed by atoms with van der Waals surface area (Å²) < 4.78 is 70.7. The van der Waals surface area contributed by atoms with Crippen molar-refractivity contribution in [2.45, 2.75) is 42.9 Å². The van der Waals surface area contributed by atoms with Crippen molar-refractivity contribution in [3.63, 3.8) is 0 Å². The van der Waals surface area contributed by atoms with Gasteiger partial charge in [-0.1, -0.05) is 22.9 Å². The van der Waals surface area contributed by atoms with Crippen LogP contribution in [-0.4, -0.2) is 37.1 Å². The fourth-order valence-electron chi connectivity index (χ4n) is 4.05. The smallest absolute Gasteiger partial charge is 0.366 e. The highest BCUT2D eigenvalue weighted by atomic mass is 79.9. The molecule has 2 saturated carbocycles. The van der Waals surface area contributed by atoms with Crippen molar-refractivity contribution in [1.29, 1.82) is 0 Å². The highest BCUT2D eigenvalue weighted by Crippen LogP contribution is 2.72. The maximum absolute atomic E-state index is 12.6. The summed E-state index contributed by atoms with van der Waals surface area (Å²) in [6.07, 6.45) is 1.24. The number of halogens is 4. The summed E-state index contributed by atoms with van der Waals surface area (Å²) in [6.45, 7) is 2.17. The summed E-state index contributed by atoms with van der Waals surface area (Å²) in [5.41, 5.74) is -8.07. The lowest BCUT2D eigenvalue weighted by Crippen LogP contribution is -2.55. The number of rotatable bonds is 3. The minimum Gasteiger partial charge on any atom is -0.366 e. The van der Waals surface area contributed by atoms with Crippen LogP contribution >= 0.6 is 15.9 Å². The zero-order valence-corrected chi connectivity index (χ0v) is 13.1. The van der Waals surface area contributed by atoms with E-state index in [9.17, 15) is 21.6 Å². The molecule has 1 saturated heterocycles. The van der Waals surface area contributed by atoms with Gasteiger partial charge in [-0.2, -0.15) is 21.6 Å². The molecule has 3 aliphatic rings. The molecule has 9 heteroatoms. The van der Waals surface area contributed by atoms with Gasteiger partial charge in [0.15, 0.2) is 0 Å². The molecular formula is C11H14BrF3O4S. The molecule has 0 aromatic carbocycles. The van der Waals surface area contributed by atoms with E-state index < -0.39 is 32.2 Å². The van der Waals surface area contributed by atoms with Crippen LogP contribution in [0.25, 0.3) is 0 Å². The Balaban J connectivity index is 1.99. The Labute approximate surface area is 123 Å². The van der Waals surface area contributed by atoms with Crippen molar-refractivity contribution in [1.82, 2.24) is 0 Å². The van der Waals surface area contributed by atoms with Gasteiger partial charge in [-0.15, -0.1) is 0 Å². The van der Waals surface area contributed by atoms with E-state index in [4.69, 9.17) is 8.92 Å². The van der Waals surface area contributed by atoms with Crippen molar-refractivity contribution >= 4 is 26.0 Å². The first kappa shape index (κ1) is 15.1. The first-order valence-corrected chi connectivity index (χ1v) is 8.78. The van der Waals surface area contributed by atoms with E-state index >= 15 is 0 Å². The molecule has 0 amide bonds. The minimum atomic E-state index is -5.61. The molecule has 116 valence electrons. The molecule has 0 radical (unpaired) electrons. The molecule has 4 nitrogen and oxygen atoms in total. The van der Waals surface area contributed by atoms with Crippen LogP contribution < -0.4 is 0 Å². The SMILES string of the molecule is C[C@@]1(CBr)[C@@H]2CC[C@@](OS(=O)(=O)C(F)(F)F)(C2)[C@]12CO2. The lowest BCUT2D eigenvalue weighted by atomic mass is 9.67. The van der Waals surface area contributed by atoms with Gasteiger partial charge in [-0.3, -0.25) is 4.18 Å². The van der Waals surface area contributed by atoms with Crippen LogP contribution in [0.3, 0.4) is 0 Å². The Morgan fingerprint density at radius 3 is 2.50 bits per heavy atom. The van der Waals surface area contributed by atoms with Crippen molar-refractivity contribution in [2.24, 2.45) is 11.3 Å². The number of hydrogen-bond donors (Lipinski definition) is 0. The van der Waals surface area contributed by atoms with Crippen molar-refractivity contribution < 1.29 is 30.5 Å².